The molecule has 1 aliphatic rings. The van der Waals surface area contributed by atoms with E-state index in [2.05, 4.69) is 5.32 Å². The van der Waals surface area contributed by atoms with Crippen molar-refractivity contribution in [3.8, 4) is 0 Å². The molecule has 3 amide bonds. The van der Waals surface area contributed by atoms with Gasteiger partial charge >= 0.3 is 6.09 Å². The topological polar surface area (TPSA) is 79.0 Å². The van der Waals surface area contributed by atoms with Crippen LogP contribution < -0.4 is 5.32 Å². The second-order valence-corrected chi connectivity index (χ2v) is 8.43. The fourth-order valence-corrected chi connectivity index (χ4v) is 3.17. The van der Waals surface area contributed by atoms with Gasteiger partial charge < -0.3 is 19.9 Å². The highest BCUT2D eigenvalue weighted by Gasteiger charge is 2.21. The van der Waals surface area contributed by atoms with Gasteiger partial charge in [0.25, 0.3) is 0 Å². The fourth-order valence-electron chi connectivity index (χ4n) is 3.17. The van der Waals surface area contributed by atoms with Gasteiger partial charge in [-0.25, -0.2) is 4.79 Å². The van der Waals surface area contributed by atoms with E-state index in [1.165, 1.54) is 0 Å². The number of hydrogen-bond acceptors (Lipinski definition) is 4. The lowest BCUT2D eigenvalue weighted by Gasteiger charge is -2.22. The lowest BCUT2D eigenvalue weighted by molar-refractivity contribution is -0.131. The van der Waals surface area contributed by atoms with Gasteiger partial charge in [0, 0.05) is 45.2 Å². The molecule has 0 atom stereocenters. The Morgan fingerprint density at radius 3 is 2.43 bits per heavy atom. The van der Waals surface area contributed by atoms with Crippen molar-refractivity contribution in [1.82, 2.24) is 15.1 Å². The van der Waals surface area contributed by atoms with E-state index in [9.17, 15) is 14.4 Å². The van der Waals surface area contributed by atoms with Crippen LogP contribution in [0, 0.1) is 6.92 Å². The quantitative estimate of drug-likeness (QED) is 0.750. The molecule has 1 saturated heterocycles. The molecule has 1 aromatic carbocycles. The monoisotopic (exact) mass is 415 g/mol. The van der Waals surface area contributed by atoms with Gasteiger partial charge in [-0.3, -0.25) is 9.59 Å². The van der Waals surface area contributed by atoms with Crippen LogP contribution in [0.15, 0.2) is 30.3 Å². The van der Waals surface area contributed by atoms with Gasteiger partial charge in [0.05, 0.1) is 0 Å². The summed E-state index contributed by atoms with van der Waals surface area (Å²) < 4.78 is 5.16. The predicted molar refractivity (Wildman–Crippen MR) is 117 cm³/mol. The first-order valence-electron chi connectivity index (χ1n) is 10.4. The first-order valence-corrected chi connectivity index (χ1v) is 10.4. The number of benzene rings is 1. The number of nitrogens with zero attached hydrogens (tertiary/aromatic N) is 2. The standard InChI is InChI=1S/C23H33N3O4/c1-18-8-5-6-9-19(18)10-11-20(27)25-14-7-15-26(17-16-25)21(28)12-13-24-22(29)30-23(2,3)4/h5-6,8-11H,7,12-17H2,1-4H3,(H,24,29)/b11-10+. The lowest BCUT2D eigenvalue weighted by atomic mass is 10.1. The number of hydrogen-bond donors (Lipinski definition) is 1. The van der Waals surface area contributed by atoms with Gasteiger partial charge in [0.15, 0.2) is 0 Å². The third-order valence-corrected chi connectivity index (χ3v) is 4.76. The molecular formula is C23H33N3O4. The third kappa shape index (κ3) is 7.89. The van der Waals surface area contributed by atoms with E-state index in [4.69, 9.17) is 4.74 Å². The Morgan fingerprint density at radius 2 is 1.73 bits per heavy atom. The molecule has 0 aliphatic carbocycles. The van der Waals surface area contributed by atoms with Crippen LogP contribution in [0.4, 0.5) is 4.79 Å². The normalized spacial score (nSPS) is 15.1. The highest BCUT2D eigenvalue weighted by molar-refractivity contribution is 5.92. The summed E-state index contributed by atoms with van der Waals surface area (Å²) in [5.74, 6) is -0.0741. The number of nitrogens with one attached hydrogen (secondary N) is 1. The number of carbonyl (C=O) groups is 3. The highest BCUT2D eigenvalue weighted by atomic mass is 16.6. The first kappa shape index (κ1) is 23.4. The molecule has 30 heavy (non-hydrogen) atoms. The number of amides is 3. The summed E-state index contributed by atoms with van der Waals surface area (Å²) in [6, 6.07) is 7.91. The third-order valence-electron chi connectivity index (χ3n) is 4.76. The Kier molecular flexibility index (Phi) is 8.45. The minimum atomic E-state index is -0.567. The zero-order valence-corrected chi connectivity index (χ0v) is 18.4. The second-order valence-electron chi connectivity index (χ2n) is 8.43. The van der Waals surface area contributed by atoms with E-state index in [1.54, 1.807) is 36.6 Å². The van der Waals surface area contributed by atoms with Crippen LogP contribution in [-0.2, 0) is 14.3 Å². The molecular weight excluding hydrogens is 382 g/mol. The Morgan fingerprint density at radius 1 is 1.07 bits per heavy atom. The van der Waals surface area contributed by atoms with E-state index in [1.807, 2.05) is 37.3 Å². The van der Waals surface area contributed by atoms with Crippen molar-refractivity contribution in [2.75, 3.05) is 32.7 Å². The van der Waals surface area contributed by atoms with Gasteiger partial charge in [-0.15, -0.1) is 0 Å². The number of rotatable bonds is 5. The van der Waals surface area contributed by atoms with Crippen LogP contribution in [0.1, 0.15) is 44.7 Å². The molecule has 0 unspecified atom stereocenters. The van der Waals surface area contributed by atoms with Gasteiger partial charge in [0.2, 0.25) is 11.8 Å². The van der Waals surface area contributed by atoms with Gasteiger partial charge in [0.1, 0.15) is 5.60 Å². The summed E-state index contributed by atoms with van der Waals surface area (Å²) >= 11 is 0. The molecule has 1 aliphatic heterocycles. The Labute approximate surface area is 179 Å². The van der Waals surface area contributed by atoms with Crippen LogP contribution >= 0.6 is 0 Å². The molecule has 1 aromatic rings. The van der Waals surface area contributed by atoms with Crippen LogP contribution in [0.25, 0.3) is 6.08 Å². The lowest BCUT2D eigenvalue weighted by Crippen LogP contribution is -2.39. The molecule has 0 spiro atoms. The molecule has 0 saturated carbocycles. The Hall–Kier alpha value is -2.83. The molecule has 0 radical (unpaired) electrons. The van der Waals surface area contributed by atoms with Gasteiger partial charge in [-0.05, 0) is 51.3 Å². The summed E-state index contributed by atoms with van der Waals surface area (Å²) in [6.45, 7) is 9.84. The van der Waals surface area contributed by atoms with Crippen molar-refractivity contribution in [2.24, 2.45) is 0 Å². The predicted octanol–water partition coefficient (Wildman–Crippen LogP) is 2.98. The largest absolute Gasteiger partial charge is 0.444 e. The molecule has 0 bridgehead atoms. The van der Waals surface area contributed by atoms with Crippen LogP contribution in [-0.4, -0.2) is 66.0 Å². The number of ether oxygens (including phenoxy) is 1. The maximum atomic E-state index is 12.5. The van der Waals surface area contributed by atoms with Crippen molar-refractivity contribution >= 4 is 24.0 Å². The minimum Gasteiger partial charge on any atom is -0.444 e. The van der Waals surface area contributed by atoms with Crippen LogP contribution in [0.2, 0.25) is 0 Å². The van der Waals surface area contributed by atoms with Crippen molar-refractivity contribution in [1.29, 1.82) is 0 Å². The molecule has 164 valence electrons. The molecule has 1 N–H and O–H groups in total. The number of carbonyl (C=O) groups excluding carboxylic acids is 3. The van der Waals surface area contributed by atoms with Crippen molar-refractivity contribution in [3.63, 3.8) is 0 Å². The zero-order valence-electron chi connectivity index (χ0n) is 18.4. The molecule has 7 heteroatoms. The molecule has 2 rings (SSSR count). The zero-order chi connectivity index (χ0) is 22.1. The van der Waals surface area contributed by atoms with Gasteiger partial charge in [-0.2, -0.15) is 0 Å². The Balaban J connectivity index is 1.78. The van der Waals surface area contributed by atoms with E-state index in [0.717, 1.165) is 17.5 Å². The maximum absolute atomic E-state index is 12.5. The van der Waals surface area contributed by atoms with E-state index < -0.39 is 11.7 Å². The first-order chi connectivity index (χ1) is 14.2. The molecule has 1 fully saturated rings. The smallest absolute Gasteiger partial charge is 0.407 e. The number of aryl methyl sites for hydroxylation is 1. The number of alkyl carbamates (subject to hydrolysis) is 1. The molecule has 7 nitrogen and oxygen atoms in total. The summed E-state index contributed by atoms with van der Waals surface area (Å²) in [6.07, 6.45) is 3.86. The van der Waals surface area contributed by atoms with E-state index >= 15 is 0 Å². The van der Waals surface area contributed by atoms with Crippen molar-refractivity contribution in [3.05, 3.63) is 41.5 Å². The summed E-state index contributed by atoms with van der Waals surface area (Å²) in [7, 11) is 0. The van der Waals surface area contributed by atoms with Gasteiger partial charge in [-0.1, -0.05) is 24.3 Å². The van der Waals surface area contributed by atoms with Crippen LogP contribution in [0.5, 0.6) is 0 Å². The molecule has 0 aromatic heterocycles. The summed E-state index contributed by atoms with van der Waals surface area (Å²) in [4.78, 5) is 40.2. The van der Waals surface area contributed by atoms with Crippen molar-refractivity contribution in [2.45, 2.75) is 46.1 Å². The van der Waals surface area contributed by atoms with Crippen LogP contribution in [0.3, 0.4) is 0 Å². The Bertz CT molecular complexity index is 783. The average Bonchev–Trinajstić information content (AvgIpc) is 2.92. The maximum Gasteiger partial charge on any atom is 0.407 e. The second kappa shape index (κ2) is 10.8. The molecule has 1 heterocycles. The minimum absolute atomic E-state index is 0.0317. The van der Waals surface area contributed by atoms with Crippen molar-refractivity contribution < 1.29 is 19.1 Å². The summed E-state index contributed by atoms with van der Waals surface area (Å²) in [5, 5.41) is 2.61. The average molecular weight is 416 g/mol. The SMILES string of the molecule is Cc1ccccc1/C=C/C(=O)N1CCCN(C(=O)CCNC(=O)OC(C)(C)C)CC1. The van der Waals surface area contributed by atoms with E-state index in [-0.39, 0.29) is 24.8 Å². The fraction of sp³-hybridized carbons (Fsp3) is 0.522. The summed E-state index contributed by atoms with van der Waals surface area (Å²) in [5.41, 5.74) is 1.58. The van der Waals surface area contributed by atoms with E-state index in [0.29, 0.717) is 26.2 Å². The highest BCUT2D eigenvalue weighted by Crippen LogP contribution is 2.11.